The first-order valence-corrected chi connectivity index (χ1v) is 9.76. The number of carbonyl (C=O) groups is 1. The summed E-state index contributed by atoms with van der Waals surface area (Å²) in [6.07, 6.45) is 4.35. The average Bonchev–Trinajstić information content (AvgIpc) is 3.10. The summed E-state index contributed by atoms with van der Waals surface area (Å²) in [7, 11) is 0. The van der Waals surface area contributed by atoms with Crippen molar-refractivity contribution < 1.29 is 14.2 Å². The van der Waals surface area contributed by atoms with Crippen LogP contribution in [0.15, 0.2) is 34.9 Å². The normalized spacial score (nSPS) is 19.2. The smallest absolute Gasteiger partial charge is 0.270 e. The number of nitrogens with one attached hydrogen (secondary N) is 1. The lowest BCUT2D eigenvalue weighted by molar-refractivity contribution is -0.384. The highest BCUT2D eigenvalue weighted by atomic mass is 16.6. The van der Waals surface area contributed by atoms with Crippen molar-refractivity contribution in [2.24, 2.45) is 5.92 Å². The number of nitro benzene ring substituents is 1. The molecule has 150 valence electrons. The number of nitro groups is 1. The lowest BCUT2D eigenvalue weighted by Crippen LogP contribution is -2.41. The van der Waals surface area contributed by atoms with Gasteiger partial charge in [-0.05, 0) is 31.7 Å². The minimum atomic E-state index is -0.460. The van der Waals surface area contributed by atoms with E-state index < -0.39 is 4.92 Å². The molecular formula is C21H22N4O4. The van der Waals surface area contributed by atoms with Crippen LogP contribution in [0.2, 0.25) is 0 Å². The fourth-order valence-electron chi connectivity index (χ4n) is 3.98. The van der Waals surface area contributed by atoms with Crippen LogP contribution in [-0.2, 0) is 0 Å². The summed E-state index contributed by atoms with van der Waals surface area (Å²) in [6, 6.07) is 7.94. The Labute approximate surface area is 167 Å². The van der Waals surface area contributed by atoms with Crippen molar-refractivity contribution in [1.82, 2.24) is 15.5 Å². The maximum atomic E-state index is 13.2. The number of carbonyl (C=O) groups excluding carboxylic acids is 1. The second-order valence-corrected chi connectivity index (χ2v) is 7.65. The van der Waals surface area contributed by atoms with Crippen molar-refractivity contribution in [2.75, 3.05) is 0 Å². The number of nitrogens with zero attached hydrogens (tertiary/aromatic N) is 3. The Kier molecular flexibility index (Phi) is 5.00. The average molecular weight is 394 g/mol. The van der Waals surface area contributed by atoms with Gasteiger partial charge in [-0.3, -0.25) is 14.9 Å². The number of hydrogen-bond donors (Lipinski definition) is 1. The van der Waals surface area contributed by atoms with Crippen molar-refractivity contribution in [1.29, 1.82) is 0 Å². The van der Waals surface area contributed by atoms with Crippen LogP contribution in [-0.4, -0.2) is 27.0 Å². The van der Waals surface area contributed by atoms with Gasteiger partial charge in [-0.25, -0.2) is 4.98 Å². The summed E-state index contributed by atoms with van der Waals surface area (Å²) < 4.78 is 5.32. The zero-order chi connectivity index (χ0) is 20.5. The van der Waals surface area contributed by atoms with Gasteiger partial charge in [0.15, 0.2) is 0 Å². The Bertz CT molecular complexity index is 1090. The van der Waals surface area contributed by atoms with Gasteiger partial charge in [-0.1, -0.05) is 37.1 Å². The Morgan fingerprint density at radius 1 is 1.28 bits per heavy atom. The summed E-state index contributed by atoms with van der Waals surface area (Å²) in [5.74, 6) is 0.221. The molecule has 0 spiro atoms. The summed E-state index contributed by atoms with van der Waals surface area (Å²) in [4.78, 5) is 28.3. The molecule has 29 heavy (non-hydrogen) atoms. The fourth-order valence-corrected chi connectivity index (χ4v) is 3.98. The molecular weight excluding hydrogens is 372 g/mol. The molecule has 0 unspecified atom stereocenters. The van der Waals surface area contributed by atoms with Crippen molar-refractivity contribution in [3.63, 3.8) is 0 Å². The second kappa shape index (κ2) is 7.62. The van der Waals surface area contributed by atoms with Gasteiger partial charge in [-0.2, -0.15) is 0 Å². The molecule has 3 aromatic rings. The highest BCUT2D eigenvalue weighted by Gasteiger charge is 2.26. The standard InChI is InChI=1S/C21H22N4O4/c1-12-6-3-4-9-17(12)22-20(26)16-11-18(23-21-19(16)13(2)24-29-21)14-7-5-8-15(10-14)25(27)28/h5,7-8,10-12,17H,3-4,6,9H2,1-2H3,(H,22,26)/t12-,17-/m0/s1. The Balaban J connectivity index is 1.76. The molecule has 1 saturated carbocycles. The highest BCUT2D eigenvalue weighted by molar-refractivity contribution is 6.07. The van der Waals surface area contributed by atoms with Crippen LogP contribution in [0, 0.1) is 23.0 Å². The molecule has 0 radical (unpaired) electrons. The van der Waals surface area contributed by atoms with E-state index in [4.69, 9.17) is 4.52 Å². The van der Waals surface area contributed by atoms with Gasteiger partial charge < -0.3 is 9.84 Å². The van der Waals surface area contributed by atoms with Crippen molar-refractivity contribution in [3.8, 4) is 11.3 Å². The van der Waals surface area contributed by atoms with Gasteiger partial charge in [0, 0.05) is 23.7 Å². The summed E-state index contributed by atoms with van der Waals surface area (Å²) in [5, 5.41) is 18.8. The third kappa shape index (κ3) is 3.70. The van der Waals surface area contributed by atoms with Crippen LogP contribution >= 0.6 is 0 Å². The first-order valence-electron chi connectivity index (χ1n) is 9.76. The third-order valence-corrected chi connectivity index (χ3v) is 5.64. The lowest BCUT2D eigenvalue weighted by atomic mass is 9.86. The molecule has 1 amide bonds. The maximum absolute atomic E-state index is 13.2. The van der Waals surface area contributed by atoms with E-state index in [0.29, 0.717) is 33.8 Å². The van der Waals surface area contributed by atoms with Gasteiger partial charge in [-0.15, -0.1) is 0 Å². The van der Waals surface area contributed by atoms with E-state index in [1.54, 1.807) is 25.1 Å². The van der Waals surface area contributed by atoms with E-state index in [1.165, 1.54) is 18.6 Å². The van der Waals surface area contributed by atoms with E-state index in [2.05, 4.69) is 22.4 Å². The van der Waals surface area contributed by atoms with Crippen molar-refractivity contribution >= 4 is 22.7 Å². The van der Waals surface area contributed by atoms with E-state index in [0.717, 1.165) is 19.3 Å². The van der Waals surface area contributed by atoms with Crippen LogP contribution in [0.5, 0.6) is 0 Å². The monoisotopic (exact) mass is 394 g/mol. The second-order valence-electron chi connectivity index (χ2n) is 7.65. The fraction of sp³-hybridized carbons (Fsp3) is 0.381. The van der Waals surface area contributed by atoms with E-state index in [-0.39, 0.29) is 23.3 Å². The molecule has 1 aliphatic rings. The molecule has 1 N–H and O–H groups in total. The number of amides is 1. The minimum Gasteiger partial charge on any atom is -0.349 e. The Morgan fingerprint density at radius 2 is 2.07 bits per heavy atom. The molecule has 2 atom stereocenters. The van der Waals surface area contributed by atoms with Gasteiger partial charge in [0.1, 0.15) is 0 Å². The topological polar surface area (TPSA) is 111 Å². The number of aryl methyl sites for hydroxylation is 1. The van der Waals surface area contributed by atoms with Gasteiger partial charge in [0.25, 0.3) is 17.3 Å². The van der Waals surface area contributed by atoms with Crippen LogP contribution in [0.3, 0.4) is 0 Å². The molecule has 1 aliphatic carbocycles. The largest absolute Gasteiger partial charge is 0.349 e. The zero-order valence-corrected chi connectivity index (χ0v) is 16.3. The van der Waals surface area contributed by atoms with Crippen LogP contribution in [0.25, 0.3) is 22.4 Å². The highest BCUT2D eigenvalue weighted by Crippen LogP contribution is 2.30. The molecule has 2 heterocycles. The predicted molar refractivity (Wildman–Crippen MR) is 108 cm³/mol. The van der Waals surface area contributed by atoms with Gasteiger partial charge in [0.2, 0.25) is 0 Å². The van der Waals surface area contributed by atoms with E-state index >= 15 is 0 Å². The molecule has 0 saturated heterocycles. The predicted octanol–water partition coefficient (Wildman–Crippen LogP) is 4.41. The van der Waals surface area contributed by atoms with Crippen LogP contribution in [0.4, 0.5) is 5.69 Å². The van der Waals surface area contributed by atoms with Crippen molar-refractivity contribution in [3.05, 3.63) is 51.7 Å². The van der Waals surface area contributed by atoms with E-state index in [1.807, 2.05) is 0 Å². The number of pyridine rings is 1. The quantitative estimate of drug-likeness (QED) is 0.518. The summed E-state index contributed by atoms with van der Waals surface area (Å²) in [6.45, 7) is 3.92. The number of aromatic nitrogens is 2. The first-order chi connectivity index (χ1) is 13.9. The van der Waals surface area contributed by atoms with Crippen LogP contribution < -0.4 is 5.32 Å². The molecule has 4 rings (SSSR count). The number of rotatable bonds is 4. The van der Waals surface area contributed by atoms with Crippen molar-refractivity contribution in [2.45, 2.75) is 45.6 Å². The number of non-ortho nitro benzene ring substituents is 1. The van der Waals surface area contributed by atoms with Gasteiger partial charge in [0.05, 0.1) is 27.3 Å². The molecule has 1 aromatic carbocycles. The molecule has 2 aromatic heterocycles. The SMILES string of the molecule is Cc1noc2nc(-c3cccc([N+](=O)[O-])c3)cc(C(=O)N[C@H]3CCCC[C@@H]3C)c12. The Morgan fingerprint density at radius 3 is 2.83 bits per heavy atom. The Hall–Kier alpha value is -3.29. The molecule has 0 aliphatic heterocycles. The molecule has 0 bridgehead atoms. The lowest BCUT2D eigenvalue weighted by Gasteiger charge is -2.29. The molecule has 8 nitrogen and oxygen atoms in total. The molecule has 8 heteroatoms. The number of hydrogen-bond acceptors (Lipinski definition) is 6. The maximum Gasteiger partial charge on any atom is 0.270 e. The third-order valence-electron chi connectivity index (χ3n) is 5.64. The van der Waals surface area contributed by atoms with E-state index in [9.17, 15) is 14.9 Å². The summed E-state index contributed by atoms with van der Waals surface area (Å²) >= 11 is 0. The van der Waals surface area contributed by atoms with Crippen LogP contribution in [0.1, 0.15) is 48.7 Å². The molecule has 1 fully saturated rings. The first kappa shape index (κ1) is 19.0. The minimum absolute atomic E-state index is 0.0415. The number of benzene rings is 1. The van der Waals surface area contributed by atoms with Gasteiger partial charge >= 0.3 is 0 Å². The zero-order valence-electron chi connectivity index (χ0n) is 16.3. The number of fused-ring (bicyclic) bond motifs is 1. The summed E-state index contributed by atoms with van der Waals surface area (Å²) in [5.41, 5.74) is 2.18.